The molecule has 2 aromatic carbocycles. The summed E-state index contributed by atoms with van der Waals surface area (Å²) in [6.07, 6.45) is 1.64. The summed E-state index contributed by atoms with van der Waals surface area (Å²) in [5.74, 6) is 0.797. The van der Waals surface area contributed by atoms with E-state index in [4.69, 9.17) is 4.74 Å². The van der Waals surface area contributed by atoms with E-state index in [9.17, 15) is 5.11 Å². The lowest BCUT2D eigenvalue weighted by Crippen LogP contribution is -2.28. The van der Waals surface area contributed by atoms with Gasteiger partial charge < -0.3 is 15.2 Å². The van der Waals surface area contributed by atoms with Gasteiger partial charge in [0.2, 0.25) is 0 Å². The smallest absolute Gasteiger partial charge is 0.118 e. The second kappa shape index (κ2) is 8.57. The predicted octanol–water partition coefficient (Wildman–Crippen LogP) is 3.86. The molecule has 118 valence electrons. The van der Waals surface area contributed by atoms with Crippen LogP contribution in [0.4, 0.5) is 0 Å². The molecule has 2 atom stereocenters. The topological polar surface area (TPSA) is 41.5 Å². The van der Waals surface area contributed by atoms with Crippen LogP contribution in [0, 0.1) is 0 Å². The minimum Gasteiger partial charge on any atom is -0.497 e. The fourth-order valence-electron chi connectivity index (χ4n) is 2.50. The Bertz CT molecular complexity index is 539. The summed E-state index contributed by atoms with van der Waals surface area (Å²) in [5, 5.41) is 14.3. The highest BCUT2D eigenvalue weighted by atomic mass is 16.5. The van der Waals surface area contributed by atoms with E-state index in [-0.39, 0.29) is 6.04 Å². The Balaban J connectivity index is 2.18. The zero-order valence-electron chi connectivity index (χ0n) is 13.3. The Labute approximate surface area is 133 Å². The van der Waals surface area contributed by atoms with Gasteiger partial charge in [-0.1, -0.05) is 55.8 Å². The first kappa shape index (κ1) is 16.5. The van der Waals surface area contributed by atoms with Gasteiger partial charge in [0, 0.05) is 0 Å². The summed E-state index contributed by atoms with van der Waals surface area (Å²) in [7, 11) is 1.64. The number of aliphatic hydroxyl groups is 1. The van der Waals surface area contributed by atoms with Crippen molar-refractivity contribution in [1.82, 2.24) is 5.32 Å². The summed E-state index contributed by atoms with van der Waals surface area (Å²) in [6.45, 7) is 3.06. The maximum atomic E-state index is 10.8. The standard InChI is InChI=1S/C19H25NO2/c1-3-4-14-20-18(15-8-6-5-7-9-15)19(21)16-10-12-17(22-2)13-11-16/h5-13,18-21H,3-4,14H2,1-2H3/t18-,19-/m1/s1. The minimum absolute atomic E-state index is 0.110. The predicted molar refractivity (Wildman–Crippen MR) is 90.0 cm³/mol. The summed E-state index contributed by atoms with van der Waals surface area (Å²) >= 11 is 0. The fourth-order valence-corrected chi connectivity index (χ4v) is 2.50. The highest BCUT2D eigenvalue weighted by Gasteiger charge is 2.22. The maximum absolute atomic E-state index is 10.8. The fraction of sp³-hybridized carbons (Fsp3) is 0.368. The quantitative estimate of drug-likeness (QED) is 0.727. The molecule has 3 nitrogen and oxygen atoms in total. The Morgan fingerprint density at radius 2 is 1.68 bits per heavy atom. The highest BCUT2D eigenvalue weighted by molar-refractivity contribution is 5.31. The molecule has 0 aliphatic rings. The Hall–Kier alpha value is -1.84. The van der Waals surface area contributed by atoms with Crippen molar-refractivity contribution in [3.05, 3.63) is 65.7 Å². The van der Waals surface area contributed by atoms with Gasteiger partial charge in [-0.05, 0) is 36.2 Å². The van der Waals surface area contributed by atoms with Gasteiger partial charge >= 0.3 is 0 Å². The van der Waals surface area contributed by atoms with E-state index in [0.717, 1.165) is 36.3 Å². The molecule has 2 rings (SSSR count). The lowest BCUT2D eigenvalue weighted by atomic mass is 9.95. The van der Waals surface area contributed by atoms with Gasteiger partial charge in [-0.2, -0.15) is 0 Å². The molecule has 2 N–H and O–H groups in total. The zero-order valence-corrected chi connectivity index (χ0v) is 13.3. The number of ether oxygens (including phenoxy) is 1. The van der Waals surface area contributed by atoms with Crippen molar-refractivity contribution in [3.63, 3.8) is 0 Å². The highest BCUT2D eigenvalue weighted by Crippen LogP contribution is 2.29. The van der Waals surface area contributed by atoms with Gasteiger partial charge in [-0.25, -0.2) is 0 Å². The molecule has 0 radical (unpaired) electrons. The SMILES string of the molecule is CCCCN[C@H](c1ccccc1)[C@H](O)c1ccc(OC)cc1. The third-order valence-corrected chi connectivity index (χ3v) is 3.83. The van der Waals surface area contributed by atoms with Crippen LogP contribution in [0.15, 0.2) is 54.6 Å². The average Bonchev–Trinajstić information content (AvgIpc) is 2.59. The van der Waals surface area contributed by atoms with Crippen molar-refractivity contribution >= 4 is 0 Å². The Morgan fingerprint density at radius 1 is 1.00 bits per heavy atom. The van der Waals surface area contributed by atoms with Crippen LogP contribution in [-0.4, -0.2) is 18.8 Å². The number of aliphatic hydroxyl groups excluding tert-OH is 1. The number of methoxy groups -OCH3 is 1. The second-order valence-corrected chi connectivity index (χ2v) is 5.41. The summed E-state index contributed by atoms with van der Waals surface area (Å²) in [5.41, 5.74) is 1.99. The summed E-state index contributed by atoms with van der Waals surface area (Å²) < 4.78 is 5.18. The van der Waals surface area contributed by atoms with Crippen LogP contribution in [0.25, 0.3) is 0 Å². The monoisotopic (exact) mass is 299 g/mol. The van der Waals surface area contributed by atoms with E-state index in [1.54, 1.807) is 7.11 Å². The molecule has 0 bridgehead atoms. The molecular weight excluding hydrogens is 274 g/mol. The van der Waals surface area contributed by atoms with E-state index < -0.39 is 6.10 Å². The van der Waals surface area contributed by atoms with Crippen molar-refractivity contribution in [1.29, 1.82) is 0 Å². The van der Waals surface area contributed by atoms with E-state index in [2.05, 4.69) is 24.4 Å². The number of unbranched alkanes of at least 4 members (excludes halogenated alkanes) is 1. The molecule has 0 saturated carbocycles. The largest absolute Gasteiger partial charge is 0.497 e. The number of hydrogen-bond donors (Lipinski definition) is 2. The van der Waals surface area contributed by atoms with Crippen molar-refractivity contribution in [2.75, 3.05) is 13.7 Å². The first-order valence-corrected chi connectivity index (χ1v) is 7.86. The van der Waals surface area contributed by atoms with Gasteiger partial charge in [0.25, 0.3) is 0 Å². The first-order valence-electron chi connectivity index (χ1n) is 7.86. The Kier molecular flexibility index (Phi) is 6.44. The third kappa shape index (κ3) is 4.33. The van der Waals surface area contributed by atoms with Crippen LogP contribution in [0.5, 0.6) is 5.75 Å². The van der Waals surface area contributed by atoms with Crippen LogP contribution >= 0.6 is 0 Å². The van der Waals surface area contributed by atoms with Crippen molar-refractivity contribution in [2.45, 2.75) is 31.9 Å². The van der Waals surface area contributed by atoms with Crippen LogP contribution < -0.4 is 10.1 Å². The molecule has 0 fully saturated rings. The van der Waals surface area contributed by atoms with Crippen LogP contribution in [-0.2, 0) is 0 Å². The van der Waals surface area contributed by atoms with Crippen LogP contribution in [0.3, 0.4) is 0 Å². The normalized spacial score (nSPS) is 13.6. The number of benzene rings is 2. The lowest BCUT2D eigenvalue weighted by molar-refractivity contribution is 0.128. The lowest BCUT2D eigenvalue weighted by Gasteiger charge is -2.25. The van der Waals surface area contributed by atoms with Crippen molar-refractivity contribution in [3.8, 4) is 5.75 Å². The van der Waals surface area contributed by atoms with E-state index in [1.807, 2.05) is 42.5 Å². The molecule has 0 unspecified atom stereocenters. The molecule has 0 aliphatic heterocycles. The maximum Gasteiger partial charge on any atom is 0.118 e. The van der Waals surface area contributed by atoms with E-state index >= 15 is 0 Å². The van der Waals surface area contributed by atoms with Crippen LogP contribution in [0.2, 0.25) is 0 Å². The molecule has 0 heterocycles. The molecule has 22 heavy (non-hydrogen) atoms. The molecule has 3 heteroatoms. The molecular formula is C19H25NO2. The van der Waals surface area contributed by atoms with Crippen molar-refractivity contribution < 1.29 is 9.84 Å². The molecule has 0 aliphatic carbocycles. The van der Waals surface area contributed by atoms with Gasteiger partial charge in [0.1, 0.15) is 5.75 Å². The van der Waals surface area contributed by atoms with Gasteiger partial charge in [0.05, 0.1) is 19.3 Å². The molecule has 0 aromatic heterocycles. The number of rotatable bonds is 8. The summed E-state index contributed by atoms with van der Waals surface area (Å²) in [6, 6.07) is 17.6. The van der Waals surface area contributed by atoms with Gasteiger partial charge in [-0.3, -0.25) is 0 Å². The van der Waals surface area contributed by atoms with Gasteiger partial charge in [0.15, 0.2) is 0 Å². The summed E-state index contributed by atoms with van der Waals surface area (Å²) in [4.78, 5) is 0. The Morgan fingerprint density at radius 3 is 2.27 bits per heavy atom. The molecule has 2 aromatic rings. The second-order valence-electron chi connectivity index (χ2n) is 5.41. The van der Waals surface area contributed by atoms with Gasteiger partial charge in [-0.15, -0.1) is 0 Å². The third-order valence-electron chi connectivity index (χ3n) is 3.83. The average molecular weight is 299 g/mol. The van der Waals surface area contributed by atoms with E-state index in [0.29, 0.717) is 0 Å². The van der Waals surface area contributed by atoms with E-state index in [1.165, 1.54) is 0 Å². The zero-order chi connectivity index (χ0) is 15.8. The molecule has 0 saturated heterocycles. The van der Waals surface area contributed by atoms with Crippen molar-refractivity contribution in [2.24, 2.45) is 0 Å². The first-order chi connectivity index (χ1) is 10.8. The molecule has 0 amide bonds. The molecule has 0 spiro atoms. The van der Waals surface area contributed by atoms with Crippen LogP contribution in [0.1, 0.15) is 43.0 Å². The number of nitrogens with one attached hydrogen (secondary N) is 1. The minimum atomic E-state index is -0.592. The number of hydrogen-bond acceptors (Lipinski definition) is 3.